The van der Waals surface area contributed by atoms with E-state index in [4.69, 9.17) is 19.5 Å². The Balaban J connectivity index is 2.07. The third-order valence-corrected chi connectivity index (χ3v) is 3.84. The van der Waals surface area contributed by atoms with Gasteiger partial charge in [-0.2, -0.15) is 15.2 Å². The molecule has 8 heteroatoms. The highest BCUT2D eigenvalue weighted by Crippen LogP contribution is 2.33. The maximum absolute atomic E-state index is 12.0. The number of nitrogens with zero attached hydrogens (tertiary/aromatic N) is 3. The minimum absolute atomic E-state index is 0.0578. The molecule has 2 aromatic carbocycles. The molecule has 8 nitrogen and oxygen atoms in total. The summed E-state index contributed by atoms with van der Waals surface area (Å²) in [6.45, 7) is 0. The van der Waals surface area contributed by atoms with Crippen LogP contribution in [-0.2, 0) is 0 Å². The van der Waals surface area contributed by atoms with E-state index >= 15 is 0 Å². The van der Waals surface area contributed by atoms with Crippen LogP contribution in [0.2, 0.25) is 0 Å². The van der Waals surface area contributed by atoms with Gasteiger partial charge in [-0.25, -0.2) is 4.79 Å². The number of aromatic carboxylic acids is 1. The fourth-order valence-corrected chi connectivity index (χ4v) is 2.54. The van der Waals surface area contributed by atoms with Gasteiger partial charge in [-0.15, -0.1) is 0 Å². The third-order valence-electron chi connectivity index (χ3n) is 3.84. The zero-order valence-electron chi connectivity index (χ0n) is 15.0. The van der Waals surface area contributed by atoms with Crippen LogP contribution < -0.4 is 14.2 Å². The fraction of sp³-hybridized carbons (Fsp3) is 0.100. The molecule has 0 spiro atoms. The third kappa shape index (κ3) is 3.83. The van der Waals surface area contributed by atoms with Crippen molar-refractivity contribution in [1.29, 1.82) is 5.26 Å². The van der Waals surface area contributed by atoms with Crippen molar-refractivity contribution >= 4 is 5.97 Å². The number of carboxylic acid groups (broad SMARTS) is 1. The zero-order chi connectivity index (χ0) is 20.1. The van der Waals surface area contributed by atoms with E-state index in [0.29, 0.717) is 16.7 Å². The molecule has 0 saturated heterocycles. The molecule has 0 bridgehead atoms. The smallest absolute Gasteiger partial charge is 0.340 e. The lowest BCUT2D eigenvalue weighted by atomic mass is 9.98. The largest absolute Gasteiger partial charge is 0.481 e. The molecule has 0 fully saturated rings. The van der Waals surface area contributed by atoms with Gasteiger partial charge in [-0.1, -0.05) is 24.3 Å². The molecule has 0 aliphatic rings. The summed E-state index contributed by atoms with van der Waals surface area (Å²) >= 11 is 0. The Labute approximate surface area is 160 Å². The average Bonchev–Trinajstić information content (AvgIpc) is 2.73. The number of hydrogen-bond donors (Lipinski definition) is 1. The Morgan fingerprint density at radius 3 is 2.21 bits per heavy atom. The molecule has 0 radical (unpaired) electrons. The SMILES string of the molecule is COc1cc(OC)nc(Oc2cccc(-c3ccc(C#N)cc3)c2C(=O)O)n1. The first-order valence-corrected chi connectivity index (χ1v) is 8.07. The molecule has 0 aliphatic carbocycles. The number of aromatic nitrogens is 2. The summed E-state index contributed by atoms with van der Waals surface area (Å²) in [7, 11) is 2.86. The summed E-state index contributed by atoms with van der Waals surface area (Å²) in [5.74, 6) is -0.696. The number of rotatable bonds is 6. The molecular weight excluding hydrogens is 362 g/mol. The molecule has 28 heavy (non-hydrogen) atoms. The first kappa shape index (κ1) is 18.7. The van der Waals surface area contributed by atoms with Crippen molar-refractivity contribution in [2.45, 2.75) is 0 Å². The minimum Gasteiger partial charge on any atom is -0.481 e. The lowest BCUT2D eigenvalue weighted by molar-refractivity contribution is 0.0695. The van der Waals surface area contributed by atoms with Crippen LogP contribution in [0.1, 0.15) is 15.9 Å². The molecule has 0 atom stereocenters. The average molecular weight is 377 g/mol. The van der Waals surface area contributed by atoms with Crippen molar-refractivity contribution in [3.05, 3.63) is 59.7 Å². The van der Waals surface area contributed by atoms with Crippen LogP contribution in [-0.4, -0.2) is 35.3 Å². The highest BCUT2D eigenvalue weighted by atomic mass is 16.5. The first-order valence-electron chi connectivity index (χ1n) is 8.07. The zero-order valence-corrected chi connectivity index (χ0v) is 15.0. The van der Waals surface area contributed by atoms with Crippen LogP contribution >= 0.6 is 0 Å². The van der Waals surface area contributed by atoms with Crippen LogP contribution in [0.25, 0.3) is 11.1 Å². The van der Waals surface area contributed by atoms with Gasteiger partial charge in [0.1, 0.15) is 11.3 Å². The Morgan fingerprint density at radius 2 is 1.68 bits per heavy atom. The van der Waals surface area contributed by atoms with Gasteiger partial charge in [0.2, 0.25) is 11.8 Å². The standard InChI is InChI=1S/C20H15N3O5/c1-26-16-10-17(27-2)23-20(22-16)28-15-5-3-4-14(18(15)19(24)25)13-8-6-12(11-21)7-9-13/h3-10H,1-2H3,(H,24,25). The Morgan fingerprint density at radius 1 is 1.04 bits per heavy atom. The van der Waals surface area contributed by atoms with Crippen molar-refractivity contribution in [2.24, 2.45) is 0 Å². The fourth-order valence-electron chi connectivity index (χ4n) is 2.54. The molecule has 1 heterocycles. The number of carboxylic acids is 1. The van der Waals surface area contributed by atoms with Gasteiger partial charge < -0.3 is 19.3 Å². The second kappa shape index (κ2) is 8.05. The Bertz CT molecular complexity index is 1040. The molecule has 140 valence electrons. The molecule has 0 aliphatic heterocycles. The van der Waals surface area contributed by atoms with Gasteiger partial charge >= 0.3 is 12.0 Å². The Hall–Kier alpha value is -4.12. The van der Waals surface area contributed by atoms with Gasteiger partial charge in [0.25, 0.3) is 0 Å². The van der Waals surface area contributed by atoms with E-state index in [2.05, 4.69) is 9.97 Å². The van der Waals surface area contributed by atoms with Gasteiger partial charge in [0.05, 0.1) is 31.9 Å². The van der Waals surface area contributed by atoms with E-state index < -0.39 is 5.97 Å². The lowest BCUT2D eigenvalue weighted by Crippen LogP contribution is -2.05. The summed E-state index contributed by atoms with van der Waals surface area (Å²) in [4.78, 5) is 20.1. The molecule has 0 unspecified atom stereocenters. The maximum atomic E-state index is 12.0. The van der Waals surface area contributed by atoms with E-state index in [1.807, 2.05) is 6.07 Å². The van der Waals surface area contributed by atoms with E-state index in [1.54, 1.807) is 36.4 Å². The van der Waals surface area contributed by atoms with E-state index in [-0.39, 0.29) is 29.1 Å². The molecule has 1 N–H and O–H groups in total. The van der Waals surface area contributed by atoms with Gasteiger partial charge in [-0.3, -0.25) is 0 Å². The minimum atomic E-state index is -1.18. The molecular formula is C20H15N3O5. The van der Waals surface area contributed by atoms with E-state index in [0.717, 1.165) is 0 Å². The van der Waals surface area contributed by atoms with Crippen LogP contribution in [0, 0.1) is 11.3 Å². The summed E-state index contributed by atoms with van der Waals surface area (Å²) in [5.41, 5.74) is 1.48. The second-order valence-electron chi connectivity index (χ2n) is 5.51. The highest BCUT2D eigenvalue weighted by Gasteiger charge is 2.20. The molecule has 3 aromatic rings. The normalized spacial score (nSPS) is 10.0. The van der Waals surface area contributed by atoms with Gasteiger partial charge in [-0.05, 0) is 29.3 Å². The van der Waals surface area contributed by atoms with Crippen molar-refractivity contribution < 1.29 is 24.1 Å². The number of ether oxygens (including phenoxy) is 3. The molecule has 1 aromatic heterocycles. The molecule has 0 amide bonds. The van der Waals surface area contributed by atoms with Crippen LogP contribution in [0.4, 0.5) is 0 Å². The van der Waals surface area contributed by atoms with E-state index in [9.17, 15) is 9.90 Å². The van der Waals surface area contributed by atoms with E-state index in [1.165, 1.54) is 26.4 Å². The number of benzene rings is 2. The van der Waals surface area contributed by atoms with Crippen LogP contribution in [0.15, 0.2) is 48.5 Å². The summed E-state index contributed by atoms with van der Waals surface area (Å²) in [5, 5.41) is 18.7. The summed E-state index contributed by atoms with van der Waals surface area (Å²) < 4.78 is 15.8. The predicted octanol–water partition coefficient (Wildman–Crippen LogP) is 3.52. The molecule has 0 saturated carbocycles. The van der Waals surface area contributed by atoms with Crippen LogP contribution in [0.5, 0.6) is 23.5 Å². The van der Waals surface area contributed by atoms with Crippen molar-refractivity contribution in [3.63, 3.8) is 0 Å². The highest BCUT2D eigenvalue weighted by molar-refractivity contribution is 5.99. The van der Waals surface area contributed by atoms with Crippen LogP contribution in [0.3, 0.4) is 0 Å². The summed E-state index contributed by atoms with van der Waals surface area (Å²) in [6.07, 6.45) is 0. The first-order chi connectivity index (χ1) is 13.5. The topological polar surface area (TPSA) is 115 Å². The van der Waals surface area contributed by atoms with Crippen molar-refractivity contribution in [2.75, 3.05) is 14.2 Å². The quantitative estimate of drug-likeness (QED) is 0.694. The number of nitriles is 1. The summed E-state index contributed by atoms with van der Waals surface area (Å²) in [6, 6.07) is 14.8. The number of methoxy groups -OCH3 is 2. The van der Waals surface area contributed by atoms with Gasteiger partial charge in [0.15, 0.2) is 0 Å². The maximum Gasteiger partial charge on any atom is 0.340 e. The lowest BCUT2D eigenvalue weighted by Gasteiger charge is -2.13. The second-order valence-corrected chi connectivity index (χ2v) is 5.51. The number of hydrogen-bond acceptors (Lipinski definition) is 7. The van der Waals surface area contributed by atoms with Crippen molar-refractivity contribution in [1.82, 2.24) is 9.97 Å². The number of carbonyl (C=O) groups is 1. The predicted molar refractivity (Wildman–Crippen MR) is 98.8 cm³/mol. The van der Waals surface area contributed by atoms with Crippen molar-refractivity contribution in [3.8, 4) is 40.7 Å². The Kier molecular flexibility index (Phi) is 5.37. The molecule has 3 rings (SSSR count). The van der Waals surface area contributed by atoms with Gasteiger partial charge in [0, 0.05) is 0 Å². The monoisotopic (exact) mass is 377 g/mol.